The van der Waals surface area contributed by atoms with Gasteiger partial charge in [0.05, 0.1) is 19.8 Å². The number of benzene rings is 1. The molecule has 1 N–H and O–H groups in total. The first-order valence-corrected chi connectivity index (χ1v) is 7.18. The number of hydrogen-bond acceptors (Lipinski definition) is 3. The van der Waals surface area contributed by atoms with Gasteiger partial charge in [-0.15, -0.1) is 0 Å². The van der Waals surface area contributed by atoms with E-state index in [2.05, 4.69) is 36.5 Å². The van der Waals surface area contributed by atoms with Crippen molar-refractivity contribution in [3.63, 3.8) is 0 Å². The lowest BCUT2D eigenvalue weighted by Gasteiger charge is -2.19. The highest BCUT2D eigenvalue weighted by Crippen LogP contribution is 2.40. The van der Waals surface area contributed by atoms with Crippen LogP contribution >= 0.6 is 0 Å². The molecule has 106 valence electrons. The summed E-state index contributed by atoms with van der Waals surface area (Å²) in [6.07, 6.45) is 2.69. The molecule has 0 radical (unpaired) electrons. The van der Waals surface area contributed by atoms with Crippen molar-refractivity contribution in [1.82, 2.24) is 5.32 Å². The summed E-state index contributed by atoms with van der Waals surface area (Å²) < 4.78 is 10.4. The Morgan fingerprint density at radius 1 is 1.16 bits per heavy atom. The minimum atomic E-state index is 0.492. The fourth-order valence-corrected chi connectivity index (χ4v) is 2.29. The minimum absolute atomic E-state index is 0.492. The quantitative estimate of drug-likeness (QED) is 0.695. The number of aryl methyl sites for hydroxylation is 1. The van der Waals surface area contributed by atoms with Crippen molar-refractivity contribution >= 4 is 0 Å². The lowest BCUT2D eigenvalue weighted by atomic mass is 10.0. The topological polar surface area (TPSA) is 30.5 Å². The minimum Gasteiger partial charge on any atom is -0.382 e. The molecule has 1 aromatic carbocycles. The summed E-state index contributed by atoms with van der Waals surface area (Å²) in [5.41, 5.74) is 2.73. The van der Waals surface area contributed by atoms with Crippen LogP contribution in [-0.2, 0) is 9.47 Å². The third kappa shape index (κ3) is 4.94. The molecule has 0 aliphatic heterocycles. The number of nitrogens with one attached hydrogen (secondary N) is 1. The van der Waals surface area contributed by atoms with Crippen molar-refractivity contribution < 1.29 is 9.47 Å². The van der Waals surface area contributed by atoms with Gasteiger partial charge in [-0.2, -0.15) is 0 Å². The average Bonchev–Trinajstić information content (AvgIpc) is 3.24. The van der Waals surface area contributed by atoms with Gasteiger partial charge in [-0.3, -0.25) is 0 Å². The summed E-state index contributed by atoms with van der Waals surface area (Å²) in [4.78, 5) is 0. The van der Waals surface area contributed by atoms with Crippen molar-refractivity contribution in [3.8, 4) is 0 Å². The molecule has 3 nitrogen and oxygen atoms in total. The van der Waals surface area contributed by atoms with E-state index in [1.54, 1.807) is 7.11 Å². The third-order valence-electron chi connectivity index (χ3n) is 3.57. The summed E-state index contributed by atoms with van der Waals surface area (Å²) in [6.45, 7) is 5.13. The Hall–Kier alpha value is -0.900. The molecule has 0 bridgehead atoms. The van der Waals surface area contributed by atoms with Crippen molar-refractivity contribution in [2.45, 2.75) is 25.8 Å². The van der Waals surface area contributed by atoms with E-state index in [0.717, 1.165) is 19.1 Å². The average molecular weight is 263 g/mol. The Labute approximate surface area is 116 Å². The number of ether oxygens (including phenoxy) is 2. The summed E-state index contributed by atoms with van der Waals surface area (Å²) >= 11 is 0. The zero-order valence-corrected chi connectivity index (χ0v) is 12.0. The number of hydrogen-bond donors (Lipinski definition) is 1. The summed E-state index contributed by atoms with van der Waals surface area (Å²) in [7, 11) is 1.70. The molecule has 0 spiro atoms. The lowest BCUT2D eigenvalue weighted by molar-refractivity contribution is 0.0707. The van der Waals surface area contributed by atoms with E-state index >= 15 is 0 Å². The van der Waals surface area contributed by atoms with Gasteiger partial charge in [0.15, 0.2) is 0 Å². The van der Waals surface area contributed by atoms with E-state index in [9.17, 15) is 0 Å². The van der Waals surface area contributed by atoms with Crippen molar-refractivity contribution in [2.24, 2.45) is 5.92 Å². The Kier molecular flexibility index (Phi) is 5.83. The van der Waals surface area contributed by atoms with Gasteiger partial charge < -0.3 is 14.8 Å². The zero-order valence-electron chi connectivity index (χ0n) is 12.0. The molecule has 0 saturated heterocycles. The van der Waals surface area contributed by atoms with Gasteiger partial charge >= 0.3 is 0 Å². The van der Waals surface area contributed by atoms with Crippen LogP contribution < -0.4 is 5.32 Å². The van der Waals surface area contributed by atoms with Crippen LogP contribution in [0.3, 0.4) is 0 Å². The molecule has 0 amide bonds. The Morgan fingerprint density at radius 3 is 2.53 bits per heavy atom. The molecule has 3 heteroatoms. The molecule has 1 fully saturated rings. The fourth-order valence-electron chi connectivity index (χ4n) is 2.29. The van der Waals surface area contributed by atoms with E-state index in [0.29, 0.717) is 19.3 Å². The molecule has 2 rings (SSSR count). The molecule has 1 aromatic rings. The largest absolute Gasteiger partial charge is 0.382 e. The van der Waals surface area contributed by atoms with Crippen LogP contribution in [0.25, 0.3) is 0 Å². The van der Waals surface area contributed by atoms with E-state index in [4.69, 9.17) is 9.47 Å². The SMILES string of the molecule is COCCOCCNC(c1ccc(C)cc1)C1CC1. The fraction of sp³-hybridized carbons (Fsp3) is 0.625. The molecule has 19 heavy (non-hydrogen) atoms. The number of methoxy groups -OCH3 is 1. The first kappa shape index (κ1) is 14.5. The second kappa shape index (κ2) is 7.63. The first-order valence-electron chi connectivity index (χ1n) is 7.18. The van der Waals surface area contributed by atoms with Crippen LogP contribution in [0.5, 0.6) is 0 Å². The summed E-state index contributed by atoms with van der Waals surface area (Å²) in [6, 6.07) is 9.38. The zero-order chi connectivity index (χ0) is 13.5. The maximum absolute atomic E-state index is 5.49. The molecule has 1 aliphatic rings. The number of rotatable bonds is 9. The Morgan fingerprint density at radius 2 is 1.89 bits per heavy atom. The van der Waals surface area contributed by atoms with Crippen LogP contribution in [0.1, 0.15) is 30.0 Å². The second-order valence-corrected chi connectivity index (χ2v) is 5.29. The standard InChI is InChI=1S/C16H25NO2/c1-13-3-5-14(6-4-13)16(15-7-8-15)17-9-10-19-12-11-18-2/h3-6,15-17H,7-12H2,1-2H3. The molecule has 1 saturated carbocycles. The first-order chi connectivity index (χ1) is 9.31. The van der Waals surface area contributed by atoms with Gasteiger partial charge in [0.2, 0.25) is 0 Å². The van der Waals surface area contributed by atoms with Gasteiger partial charge in [-0.1, -0.05) is 29.8 Å². The maximum atomic E-state index is 5.49. The predicted octanol–water partition coefficient (Wildman–Crippen LogP) is 2.70. The van der Waals surface area contributed by atoms with Crippen molar-refractivity contribution in [3.05, 3.63) is 35.4 Å². The maximum Gasteiger partial charge on any atom is 0.0700 e. The second-order valence-electron chi connectivity index (χ2n) is 5.29. The molecule has 0 aromatic heterocycles. The Bertz CT molecular complexity index is 360. The van der Waals surface area contributed by atoms with E-state index in [1.807, 2.05) is 0 Å². The van der Waals surface area contributed by atoms with E-state index in [-0.39, 0.29) is 0 Å². The monoisotopic (exact) mass is 263 g/mol. The van der Waals surface area contributed by atoms with Crippen LogP contribution in [-0.4, -0.2) is 33.5 Å². The van der Waals surface area contributed by atoms with Crippen LogP contribution in [0, 0.1) is 12.8 Å². The van der Waals surface area contributed by atoms with E-state index < -0.39 is 0 Å². The van der Waals surface area contributed by atoms with Gasteiger partial charge in [0.1, 0.15) is 0 Å². The van der Waals surface area contributed by atoms with Gasteiger partial charge in [-0.25, -0.2) is 0 Å². The van der Waals surface area contributed by atoms with Crippen molar-refractivity contribution in [2.75, 3.05) is 33.5 Å². The molecule has 0 heterocycles. The predicted molar refractivity (Wildman–Crippen MR) is 77.3 cm³/mol. The van der Waals surface area contributed by atoms with Gasteiger partial charge in [-0.05, 0) is 31.2 Å². The van der Waals surface area contributed by atoms with Gasteiger partial charge in [0.25, 0.3) is 0 Å². The molecule has 1 unspecified atom stereocenters. The highest BCUT2D eigenvalue weighted by atomic mass is 16.5. The van der Waals surface area contributed by atoms with Gasteiger partial charge in [0, 0.05) is 19.7 Å². The third-order valence-corrected chi connectivity index (χ3v) is 3.57. The van der Waals surface area contributed by atoms with Crippen LogP contribution in [0.2, 0.25) is 0 Å². The highest BCUT2D eigenvalue weighted by Gasteiger charge is 2.31. The van der Waals surface area contributed by atoms with Crippen LogP contribution in [0.4, 0.5) is 0 Å². The van der Waals surface area contributed by atoms with Crippen LogP contribution in [0.15, 0.2) is 24.3 Å². The smallest absolute Gasteiger partial charge is 0.0700 e. The van der Waals surface area contributed by atoms with E-state index in [1.165, 1.54) is 24.0 Å². The molecular formula is C16H25NO2. The molecule has 1 atom stereocenters. The normalized spacial score (nSPS) is 16.5. The summed E-state index contributed by atoms with van der Waals surface area (Å²) in [5, 5.41) is 3.63. The summed E-state index contributed by atoms with van der Waals surface area (Å²) in [5.74, 6) is 0.807. The highest BCUT2D eigenvalue weighted by molar-refractivity contribution is 5.25. The van der Waals surface area contributed by atoms with Crippen molar-refractivity contribution in [1.29, 1.82) is 0 Å². The Balaban J connectivity index is 1.75. The lowest BCUT2D eigenvalue weighted by Crippen LogP contribution is -2.27. The molecular weight excluding hydrogens is 238 g/mol. The molecule has 1 aliphatic carbocycles.